The molecule has 8 heterocycles. The molecule has 1 N–H and O–H groups in total. The monoisotopic (exact) mass is 634 g/mol. The molecule has 1 fully saturated rings. The van der Waals surface area contributed by atoms with Gasteiger partial charge in [-0.05, 0) is 80.0 Å². The summed E-state index contributed by atoms with van der Waals surface area (Å²) in [6.45, 7) is 4.85. The third-order valence-electron chi connectivity index (χ3n) is 9.81. The highest BCUT2D eigenvalue weighted by Crippen LogP contribution is 2.46. The lowest BCUT2D eigenvalue weighted by atomic mass is 9.91. The number of pyridine rings is 3. The van der Waals surface area contributed by atoms with Gasteiger partial charge in [-0.15, -0.1) is 21.5 Å². The highest BCUT2D eigenvalue weighted by atomic mass is 32.1. The number of anilines is 1. The molecule has 0 spiro atoms. The van der Waals surface area contributed by atoms with E-state index in [2.05, 4.69) is 37.3 Å². The lowest BCUT2D eigenvalue weighted by molar-refractivity contribution is 0.0639. The number of nitrogens with zero attached hydrogens (tertiary/aromatic N) is 7. The molecule has 11 nitrogen and oxygen atoms in total. The van der Waals surface area contributed by atoms with Crippen LogP contribution in [-0.4, -0.2) is 47.7 Å². The smallest absolute Gasteiger partial charge is 0.276 e. The second-order valence-electron chi connectivity index (χ2n) is 12.6. The molecule has 46 heavy (non-hydrogen) atoms. The molecule has 6 aromatic heterocycles. The molecule has 0 aromatic carbocycles. The topological polar surface area (TPSA) is 126 Å². The van der Waals surface area contributed by atoms with Gasteiger partial charge in [0.1, 0.15) is 5.82 Å². The molecule has 1 aliphatic carbocycles. The lowest BCUT2D eigenvalue weighted by Crippen LogP contribution is -2.17. The van der Waals surface area contributed by atoms with Gasteiger partial charge >= 0.3 is 0 Å². The fourth-order valence-corrected chi connectivity index (χ4v) is 8.70. The molecule has 6 aromatic rings. The third kappa shape index (κ3) is 4.57. The van der Waals surface area contributed by atoms with Crippen LogP contribution in [0.25, 0.3) is 43.0 Å². The molecule has 1 atom stereocenters. The summed E-state index contributed by atoms with van der Waals surface area (Å²) >= 11 is 1.64. The second-order valence-corrected chi connectivity index (χ2v) is 13.6. The number of hydrogen-bond acceptors (Lipinski definition) is 10. The Kier molecular flexibility index (Phi) is 6.74. The van der Waals surface area contributed by atoms with Crippen molar-refractivity contribution >= 4 is 38.3 Å². The minimum Gasteiger partial charge on any atom is -0.421 e. The molecular weight excluding hydrogens is 600 g/mol. The maximum atomic E-state index is 14.1. The Labute approximate surface area is 268 Å². The Hall–Kier alpha value is -4.42. The molecule has 0 bridgehead atoms. The maximum Gasteiger partial charge on any atom is 0.276 e. The van der Waals surface area contributed by atoms with Gasteiger partial charge in [-0.3, -0.25) is 14.5 Å². The molecule has 234 valence electrons. The zero-order chi connectivity index (χ0) is 30.8. The molecule has 12 heteroatoms. The van der Waals surface area contributed by atoms with Crippen molar-refractivity contribution in [3.8, 4) is 21.9 Å². The number of rotatable bonds is 7. The summed E-state index contributed by atoms with van der Waals surface area (Å²) in [6.07, 6.45) is 10.4. The minimum atomic E-state index is -0.0209. The first-order chi connectivity index (χ1) is 22.6. The molecule has 0 radical (unpaired) electrons. The average molecular weight is 635 g/mol. The molecule has 3 aliphatic rings. The van der Waals surface area contributed by atoms with E-state index in [1.807, 2.05) is 29.2 Å². The summed E-state index contributed by atoms with van der Waals surface area (Å²) in [4.78, 5) is 29.7. The number of hydrogen-bond donors (Lipinski definition) is 1. The molecule has 2 aliphatic heterocycles. The Morgan fingerprint density at radius 1 is 1.04 bits per heavy atom. The summed E-state index contributed by atoms with van der Waals surface area (Å²) in [7, 11) is 0. The summed E-state index contributed by atoms with van der Waals surface area (Å²) in [5.74, 6) is 2.29. The minimum absolute atomic E-state index is 0.0209. The molecule has 0 unspecified atom stereocenters. The van der Waals surface area contributed by atoms with Crippen LogP contribution < -0.4 is 10.9 Å². The van der Waals surface area contributed by atoms with Crippen molar-refractivity contribution in [1.29, 1.82) is 0 Å². The molecule has 9 rings (SSSR count). The van der Waals surface area contributed by atoms with E-state index in [9.17, 15) is 4.79 Å². The van der Waals surface area contributed by atoms with Gasteiger partial charge in [-0.1, -0.05) is 6.07 Å². The van der Waals surface area contributed by atoms with Crippen molar-refractivity contribution in [2.75, 3.05) is 18.5 Å². The van der Waals surface area contributed by atoms with Crippen LogP contribution >= 0.6 is 11.3 Å². The van der Waals surface area contributed by atoms with Gasteiger partial charge in [-0.2, -0.15) is 0 Å². The first-order valence-electron chi connectivity index (χ1n) is 16.3. The van der Waals surface area contributed by atoms with Gasteiger partial charge in [0.2, 0.25) is 11.8 Å². The zero-order valence-electron chi connectivity index (χ0n) is 25.7. The zero-order valence-corrected chi connectivity index (χ0v) is 26.5. The predicted molar refractivity (Wildman–Crippen MR) is 176 cm³/mol. The van der Waals surface area contributed by atoms with Crippen molar-refractivity contribution in [3.63, 3.8) is 0 Å². The molecular formula is C34H34N8O3S. The van der Waals surface area contributed by atoms with Crippen molar-refractivity contribution in [1.82, 2.24) is 34.5 Å². The highest BCUT2D eigenvalue weighted by Gasteiger charge is 2.31. The van der Waals surface area contributed by atoms with Crippen LogP contribution in [0.3, 0.4) is 0 Å². The summed E-state index contributed by atoms with van der Waals surface area (Å²) in [5.41, 5.74) is 5.59. The number of nitrogens with one attached hydrogen (secondary N) is 1. The second kappa shape index (κ2) is 11.1. The number of aromatic nitrogens is 7. The highest BCUT2D eigenvalue weighted by molar-refractivity contribution is 7.23. The van der Waals surface area contributed by atoms with Crippen LogP contribution in [0.1, 0.15) is 61.0 Å². The number of fused-ring (bicyclic) bond motifs is 5. The quantitative estimate of drug-likeness (QED) is 0.222. The third-order valence-corrected chi connectivity index (χ3v) is 11.0. The summed E-state index contributed by atoms with van der Waals surface area (Å²) in [6, 6.07) is 8.51. The fraction of sp³-hybridized carbons (Fsp3) is 0.412. The van der Waals surface area contributed by atoms with E-state index in [-0.39, 0.29) is 11.6 Å². The lowest BCUT2D eigenvalue weighted by Gasteiger charge is -2.22. The van der Waals surface area contributed by atoms with E-state index in [1.54, 1.807) is 18.3 Å². The van der Waals surface area contributed by atoms with Crippen molar-refractivity contribution in [3.05, 3.63) is 69.9 Å². The van der Waals surface area contributed by atoms with E-state index >= 15 is 0 Å². The van der Waals surface area contributed by atoms with Gasteiger partial charge in [0.25, 0.3) is 5.56 Å². The molecule has 0 saturated carbocycles. The standard InChI is InChI=1S/C34H34N8O3S/c1-19-39-40-33(45-19)27-25(6-5-20-10-16-44-17-11-20)38-32-29(34(43)42-15-3-14-41(32)42)28(27)26-18-21-9-13-36-31(30(21)46-26)37-24-8-7-23-22(24)4-2-12-35-23/h2,4,9,12-13,18,20,24H,3,5-8,10-11,14-17H2,1H3,(H,36,37)/t24-/m1/s1. The normalized spacial score (nSPS) is 18.1. The predicted octanol–water partition coefficient (Wildman–Crippen LogP) is 6.09. The van der Waals surface area contributed by atoms with E-state index < -0.39 is 0 Å². The van der Waals surface area contributed by atoms with Crippen LogP contribution in [-0.2, 0) is 30.7 Å². The van der Waals surface area contributed by atoms with E-state index in [4.69, 9.17) is 19.1 Å². The largest absolute Gasteiger partial charge is 0.421 e. The molecule has 0 amide bonds. The first kappa shape index (κ1) is 27.9. The van der Waals surface area contributed by atoms with E-state index in [1.165, 1.54) is 5.56 Å². The Balaban J connectivity index is 1.23. The van der Waals surface area contributed by atoms with E-state index in [0.717, 1.165) is 114 Å². The van der Waals surface area contributed by atoms with Gasteiger partial charge in [0.15, 0.2) is 5.65 Å². The Morgan fingerprint density at radius 2 is 1.93 bits per heavy atom. The Morgan fingerprint density at radius 3 is 2.80 bits per heavy atom. The number of ether oxygens (including phenoxy) is 1. The van der Waals surface area contributed by atoms with E-state index in [0.29, 0.717) is 29.6 Å². The fourth-order valence-electron chi connectivity index (χ4n) is 7.53. The average Bonchev–Trinajstić information content (AvgIpc) is 3.92. The summed E-state index contributed by atoms with van der Waals surface area (Å²) in [5, 5.41) is 14.1. The van der Waals surface area contributed by atoms with Crippen LogP contribution in [0.15, 0.2) is 45.9 Å². The van der Waals surface area contributed by atoms with Crippen molar-refractivity contribution < 1.29 is 9.15 Å². The van der Waals surface area contributed by atoms with Crippen LogP contribution in [0.4, 0.5) is 5.82 Å². The van der Waals surface area contributed by atoms with Gasteiger partial charge in [-0.25, -0.2) is 14.6 Å². The van der Waals surface area contributed by atoms with Crippen molar-refractivity contribution in [2.45, 2.75) is 71.0 Å². The van der Waals surface area contributed by atoms with Crippen LogP contribution in [0.2, 0.25) is 0 Å². The van der Waals surface area contributed by atoms with Crippen LogP contribution in [0, 0.1) is 12.8 Å². The summed E-state index contributed by atoms with van der Waals surface area (Å²) < 4.78 is 16.7. The first-order valence-corrected chi connectivity index (χ1v) is 17.1. The van der Waals surface area contributed by atoms with Gasteiger partial charge < -0.3 is 14.5 Å². The van der Waals surface area contributed by atoms with Crippen LogP contribution in [0.5, 0.6) is 0 Å². The number of thiophene rings is 1. The molecule has 1 saturated heterocycles. The van der Waals surface area contributed by atoms with Gasteiger partial charge in [0.05, 0.1) is 27.4 Å². The number of aryl methyl sites for hydroxylation is 4. The Bertz CT molecular complexity index is 2170. The van der Waals surface area contributed by atoms with Crippen molar-refractivity contribution in [2.24, 2.45) is 5.92 Å². The van der Waals surface area contributed by atoms with Gasteiger partial charge in [0, 0.05) is 61.8 Å². The maximum absolute atomic E-state index is 14.1. The SMILES string of the molecule is Cc1nnc(-c2c(CCC3CCOCC3)nc3c(c2-c2cc4ccnc(N[C@@H]5CCc6ncccc65)c4s2)c(=O)n2n3CCC2)o1.